The van der Waals surface area contributed by atoms with Gasteiger partial charge in [-0.15, -0.1) is 10.2 Å². The molecule has 1 unspecified atom stereocenters. The maximum absolute atomic E-state index is 13.4. The molecule has 9 nitrogen and oxygen atoms in total. The zero-order valence-electron chi connectivity index (χ0n) is 22.7. The molecule has 5 rings (SSSR count). The van der Waals surface area contributed by atoms with Crippen LogP contribution in [0.15, 0.2) is 60.7 Å². The first-order valence-corrected chi connectivity index (χ1v) is 14.1. The zero-order valence-corrected chi connectivity index (χ0v) is 23.4. The molecule has 2 aliphatic heterocycles. The second-order valence-electron chi connectivity index (χ2n) is 10.1. The fourth-order valence-corrected chi connectivity index (χ4v) is 5.22. The van der Waals surface area contributed by atoms with Crippen LogP contribution in [0.2, 0.25) is 5.02 Å². The maximum atomic E-state index is 13.4. The Hall–Kier alpha value is -3.69. The summed E-state index contributed by atoms with van der Waals surface area (Å²) in [5, 5.41) is 9.46. The van der Waals surface area contributed by atoms with Crippen LogP contribution in [0.5, 0.6) is 5.75 Å². The van der Waals surface area contributed by atoms with Crippen LogP contribution >= 0.6 is 11.6 Å². The van der Waals surface area contributed by atoms with Crippen molar-refractivity contribution in [1.82, 2.24) is 20.0 Å². The van der Waals surface area contributed by atoms with Crippen molar-refractivity contribution in [3.63, 3.8) is 0 Å². The predicted molar refractivity (Wildman–Crippen MR) is 154 cm³/mol. The highest BCUT2D eigenvalue weighted by atomic mass is 35.5. The fourth-order valence-electron chi connectivity index (χ4n) is 5.10. The molecule has 0 bridgehead atoms. The first-order valence-electron chi connectivity index (χ1n) is 13.7. The van der Waals surface area contributed by atoms with E-state index in [1.165, 1.54) is 0 Å². The average Bonchev–Trinajstić information content (AvgIpc) is 3.38. The minimum absolute atomic E-state index is 0.0116. The normalized spacial score (nSPS) is 17.4. The molecule has 2 amide bonds. The summed E-state index contributed by atoms with van der Waals surface area (Å²) in [6, 6.07) is 18.4. The summed E-state index contributed by atoms with van der Waals surface area (Å²) in [5.41, 5.74) is 2.26. The lowest BCUT2D eigenvalue weighted by Gasteiger charge is -2.28. The van der Waals surface area contributed by atoms with E-state index in [0.29, 0.717) is 43.4 Å². The van der Waals surface area contributed by atoms with Gasteiger partial charge in [0, 0.05) is 55.5 Å². The van der Waals surface area contributed by atoms with Gasteiger partial charge >= 0.3 is 0 Å². The van der Waals surface area contributed by atoms with Crippen molar-refractivity contribution >= 4 is 29.2 Å². The molecule has 0 radical (unpaired) electrons. The van der Waals surface area contributed by atoms with E-state index < -0.39 is 0 Å². The number of anilines is 1. The van der Waals surface area contributed by atoms with Gasteiger partial charge in [0.25, 0.3) is 5.91 Å². The summed E-state index contributed by atoms with van der Waals surface area (Å²) in [6.07, 6.45) is 2.59. The lowest BCUT2D eigenvalue weighted by atomic mass is 10.1. The van der Waals surface area contributed by atoms with E-state index >= 15 is 0 Å². The standard InChI is InChI=1S/C30H34ClN5O4/c1-39-25-11-7-22(8-12-25)27-13-14-28(33-32-27)34-15-3-16-35(18-17-34)29(37)21-36(20-26-4-2-19-40-26)30(38)23-5-9-24(31)10-6-23/h5-14,26H,2-4,15-21H2,1H3. The number of hydrogen-bond acceptors (Lipinski definition) is 7. The number of rotatable bonds is 8. The van der Waals surface area contributed by atoms with E-state index in [2.05, 4.69) is 15.1 Å². The maximum Gasteiger partial charge on any atom is 0.254 e. The molecule has 40 heavy (non-hydrogen) atoms. The van der Waals surface area contributed by atoms with Crippen LogP contribution in [0.1, 0.15) is 29.6 Å². The van der Waals surface area contributed by atoms with Gasteiger partial charge in [0.15, 0.2) is 5.82 Å². The van der Waals surface area contributed by atoms with E-state index in [-0.39, 0.29) is 24.5 Å². The summed E-state index contributed by atoms with van der Waals surface area (Å²) in [7, 11) is 1.64. The van der Waals surface area contributed by atoms with Crippen molar-refractivity contribution in [2.45, 2.75) is 25.4 Å². The molecule has 10 heteroatoms. The molecule has 2 fully saturated rings. The van der Waals surface area contributed by atoms with E-state index in [9.17, 15) is 9.59 Å². The van der Waals surface area contributed by atoms with Crippen LogP contribution in [-0.4, -0.2) is 90.9 Å². The Bertz CT molecular complexity index is 1280. The van der Waals surface area contributed by atoms with Gasteiger partial charge in [0.05, 0.1) is 18.9 Å². The Kier molecular flexibility index (Phi) is 9.13. The Balaban J connectivity index is 1.21. The van der Waals surface area contributed by atoms with E-state index in [4.69, 9.17) is 21.1 Å². The van der Waals surface area contributed by atoms with Crippen LogP contribution in [0.3, 0.4) is 0 Å². The van der Waals surface area contributed by atoms with Gasteiger partial charge in [-0.1, -0.05) is 11.6 Å². The first-order chi connectivity index (χ1) is 19.5. The topological polar surface area (TPSA) is 88.1 Å². The number of hydrogen-bond donors (Lipinski definition) is 0. The second-order valence-corrected chi connectivity index (χ2v) is 10.5. The third kappa shape index (κ3) is 6.89. The number of carbonyl (C=O) groups is 2. The first kappa shape index (κ1) is 27.9. The lowest BCUT2D eigenvalue weighted by molar-refractivity contribution is -0.132. The molecule has 2 aliphatic rings. The van der Waals surface area contributed by atoms with Gasteiger partial charge in [-0.05, 0) is 79.9 Å². The lowest BCUT2D eigenvalue weighted by Crippen LogP contribution is -2.46. The molecule has 3 heterocycles. The number of methoxy groups -OCH3 is 1. The monoisotopic (exact) mass is 563 g/mol. The smallest absolute Gasteiger partial charge is 0.254 e. The minimum Gasteiger partial charge on any atom is -0.497 e. The number of aromatic nitrogens is 2. The average molecular weight is 564 g/mol. The van der Waals surface area contributed by atoms with Gasteiger partial charge in [0.1, 0.15) is 12.3 Å². The zero-order chi connectivity index (χ0) is 27.9. The molecule has 1 aromatic heterocycles. The fraction of sp³-hybridized carbons (Fsp3) is 0.400. The summed E-state index contributed by atoms with van der Waals surface area (Å²) in [6.45, 7) is 3.66. The number of carbonyl (C=O) groups excluding carboxylic acids is 2. The third-order valence-corrected chi connectivity index (χ3v) is 7.61. The van der Waals surface area contributed by atoms with Gasteiger partial charge in [-0.25, -0.2) is 0 Å². The van der Waals surface area contributed by atoms with Gasteiger partial charge in [-0.2, -0.15) is 0 Å². The third-order valence-electron chi connectivity index (χ3n) is 7.36. The van der Waals surface area contributed by atoms with E-state index in [1.807, 2.05) is 41.3 Å². The Morgan fingerprint density at radius 2 is 1.77 bits per heavy atom. The van der Waals surface area contributed by atoms with Gasteiger partial charge < -0.3 is 24.2 Å². The number of halogens is 1. The van der Waals surface area contributed by atoms with E-state index in [0.717, 1.165) is 48.6 Å². The highest BCUT2D eigenvalue weighted by molar-refractivity contribution is 6.30. The number of ether oxygens (including phenoxy) is 2. The number of amides is 2. The van der Waals surface area contributed by atoms with Gasteiger partial charge in [-0.3, -0.25) is 9.59 Å². The highest BCUT2D eigenvalue weighted by Gasteiger charge is 2.28. The molecule has 1 atom stereocenters. The molecule has 0 spiro atoms. The van der Waals surface area contributed by atoms with Crippen molar-refractivity contribution in [2.24, 2.45) is 0 Å². The molecule has 0 saturated carbocycles. The number of nitrogens with zero attached hydrogens (tertiary/aromatic N) is 5. The SMILES string of the molecule is COc1ccc(-c2ccc(N3CCCN(C(=O)CN(CC4CCCO4)C(=O)c4ccc(Cl)cc4)CC3)nn2)cc1. The Morgan fingerprint density at radius 1 is 0.975 bits per heavy atom. The van der Waals surface area contributed by atoms with Crippen molar-refractivity contribution in [1.29, 1.82) is 0 Å². The Morgan fingerprint density at radius 3 is 2.45 bits per heavy atom. The molecular formula is C30H34ClN5O4. The molecule has 0 N–H and O–H groups in total. The van der Waals surface area contributed by atoms with Crippen molar-refractivity contribution in [2.75, 3.05) is 57.9 Å². The minimum atomic E-state index is -0.191. The second kappa shape index (κ2) is 13.1. The van der Waals surface area contributed by atoms with Crippen LogP contribution in [0.4, 0.5) is 5.82 Å². The van der Waals surface area contributed by atoms with Crippen molar-refractivity contribution in [3.8, 4) is 17.0 Å². The quantitative estimate of drug-likeness (QED) is 0.406. The summed E-state index contributed by atoms with van der Waals surface area (Å²) < 4.78 is 11.0. The van der Waals surface area contributed by atoms with Gasteiger partial charge in [0.2, 0.25) is 5.91 Å². The van der Waals surface area contributed by atoms with Crippen LogP contribution in [0.25, 0.3) is 11.3 Å². The van der Waals surface area contributed by atoms with E-state index in [1.54, 1.807) is 36.3 Å². The molecule has 2 aromatic carbocycles. The summed E-state index contributed by atoms with van der Waals surface area (Å²) in [4.78, 5) is 32.4. The molecule has 210 valence electrons. The number of benzene rings is 2. The summed E-state index contributed by atoms with van der Waals surface area (Å²) >= 11 is 6.01. The predicted octanol–water partition coefficient (Wildman–Crippen LogP) is 4.17. The molecule has 3 aromatic rings. The van der Waals surface area contributed by atoms with Crippen LogP contribution in [0, 0.1) is 0 Å². The highest BCUT2D eigenvalue weighted by Crippen LogP contribution is 2.22. The molecular weight excluding hydrogens is 530 g/mol. The molecule has 0 aliphatic carbocycles. The van der Waals surface area contributed by atoms with Crippen LogP contribution in [-0.2, 0) is 9.53 Å². The Labute approximate surface area is 239 Å². The van der Waals surface area contributed by atoms with Crippen molar-refractivity contribution < 1.29 is 19.1 Å². The largest absolute Gasteiger partial charge is 0.497 e. The van der Waals surface area contributed by atoms with Crippen molar-refractivity contribution in [3.05, 3.63) is 71.2 Å². The summed E-state index contributed by atoms with van der Waals surface area (Å²) in [5.74, 6) is 1.32. The molecule has 2 saturated heterocycles. The van der Waals surface area contributed by atoms with Crippen LogP contribution < -0.4 is 9.64 Å².